The maximum atomic E-state index is 9.96. The molecule has 0 rings (SSSR count). The molecule has 0 amide bonds. The molecular weight excluding hydrogens is 226 g/mol. The Morgan fingerprint density at radius 2 is 1.12 bits per heavy atom. The number of carbonyl (C=O) groups is 1. The molecule has 17 heavy (non-hydrogen) atoms. The van der Waals surface area contributed by atoms with E-state index < -0.39 is 0 Å². The lowest BCUT2D eigenvalue weighted by molar-refractivity contribution is -0.108. The van der Waals surface area contributed by atoms with Gasteiger partial charge in [-0.1, -0.05) is 0 Å². The van der Waals surface area contributed by atoms with Gasteiger partial charge in [0.15, 0.2) is 0 Å². The molecule has 0 radical (unpaired) electrons. The predicted molar refractivity (Wildman–Crippen MR) is 63.0 cm³/mol. The van der Waals surface area contributed by atoms with Crippen LogP contribution in [0.1, 0.15) is 6.42 Å². The van der Waals surface area contributed by atoms with Crippen LogP contribution in [0.15, 0.2) is 0 Å². The van der Waals surface area contributed by atoms with Gasteiger partial charge in [-0.2, -0.15) is 0 Å². The normalized spacial score (nSPS) is 10.6. The summed E-state index contributed by atoms with van der Waals surface area (Å²) in [6.45, 7) is 4.78. The third kappa shape index (κ3) is 15.5. The molecule has 2 N–H and O–H groups in total. The first-order valence-electron chi connectivity index (χ1n) is 5.86. The van der Waals surface area contributed by atoms with Crippen molar-refractivity contribution in [3.63, 3.8) is 0 Å². The lowest BCUT2D eigenvalue weighted by atomic mass is 10.5. The number of nitrogens with two attached hydrogens (primary N) is 1. The van der Waals surface area contributed by atoms with E-state index in [1.54, 1.807) is 0 Å². The van der Waals surface area contributed by atoms with Crippen molar-refractivity contribution >= 4 is 6.29 Å². The van der Waals surface area contributed by atoms with Gasteiger partial charge in [0.2, 0.25) is 0 Å². The maximum Gasteiger partial charge on any atom is 0.122 e. The molecule has 0 unspecified atom stereocenters. The summed E-state index contributed by atoms with van der Waals surface area (Å²) in [6.07, 6.45) is 1.27. The highest BCUT2D eigenvalue weighted by atomic mass is 16.6. The van der Waals surface area contributed by atoms with Gasteiger partial charge in [0, 0.05) is 13.0 Å². The molecular formula is C11H23NO5. The maximum absolute atomic E-state index is 9.96. The second-order valence-electron chi connectivity index (χ2n) is 3.19. The fourth-order valence-corrected chi connectivity index (χ4v) is 0.977. The number of hydrogen-bond acceptors (Lipinski definition) is 6. The van der Waals surface area contributed by atoms with Crippen LogP contribution in [-0.4, -0.2) is 65.7 Å². The minimum atomic E-state index is 0.436. The van der Waals surface area contributed by atoms with E-state index >= 15 is 0 Å². The number of hydrogen-bond donors (Lipinski definition) is 1. The Bertz CT molecular complexity index is 157. The van der Waals surface area contributed by atoms with Gasteiger partial charge in [0.25, 0.3) is 0 Å². The molecule has 0 aromatic rings. The van der Waals surface area contributed by atoms with Crippen molar-refractivity contribution in [2.75, 3.05) is 59.4 Å². The van der Waals surface area contributed by atoms with Crippen LogP contribution in [0, 0.1) is 0 Å². The Morgan fingerprint density at radius 3 is 1.53 bits per heavy atom. The highest BCUT2D eigenvalue weighted by Gasteiger charge is 1.92. The number of ether oxygens (including phenoxy) is 4. The Labute approximate surface area is 102 Å². The van der Waals surface area contributed by atoms with Crippen LogP contribution in [0.4, 0.5) is 0 Å². The van der Waals surface area contributed by atoms with Gasteiger partial charge in [-0.3, -0.25) is 0 Å². The lowest BCUT2D eigenvalue weighted by Gasteiger charge is -2.06. The molecule has 0 spiro atoms. The molecule has 0 aliphatic heterocycles. The fraction of sp³-hybridized carbons (Fsp3) is 0.909. The van der Waals surface area contributed by atoms with E-state index in [0.717, 1.165) is 6.29 Å². The molecule has 0 saturated carbocycles. The average molecular weight is 249 g/mol. The van der Waals surface area contributed by atoms with E-state index in [1.807, 2.05) is 0 Å². The van der Waals surface area contributed by atoms with Crippen molar-refractivity contribution < 1.29 is 23.7 Å². The molecule has 0 fully saturated rings. The molecule has 6 nitrogen and oxygen atoms in total. The zero-order valence-electron chi connectivity index (χ0n) is 10.3. The monoisotopic (exact) mass is 249 g/mol. The molecule has 0 aromatic heterocycles. The minimum Gasteiger partial charge on any atom is -0.379 e. The second-order valence-corrected chi connectivity index (χ2v) is 3.19. The Hall–Kier alpha value is -0.530. The molecule has 102 valence electrons. The quantitative estimate of drug-likeness (QED) is 0.333. The largest absolute Gasteiger partial charge is 0.379 e. The third-order valence-corrected chi connectivity index (χ3v) is 1.76. The van der Waals surface area contributed by atoms with Crippen LogP contribution in [0.3, 0.4) is 0 Å². The predicted octanol–water partition coefficient (Wildman–Crippen LogP) is -0.399. The number of aldehydes is 1. The van der Waals surface area contributed by atoms with Crippen molar-refractivity contribution in [1.29, 1.82) is 0 Å². The molecule has 0 aromatic carbocycles. The van der Waals surface area contributed by atoms with E-state index in [0.29, 0.717) is 65.8 Å². The Balaban J connectivity index is 2.87. The van der Waals surface area contributed by atoms with Gasteiger partial charge in [-0.05, 0) is 0 Å². The standard InChI is InChI=1S/C11H23NO5/c12-2-5-15-7-9-17-11-10-16-8-6-14-4-1-3-13/h3H,1-2,4-12H2. The molecule has 6 heteroatoms. The third-order valence-electron chi connectivity index (χ3n) is 1.76. The highest BCUT2D eigenvalue weighted by Crippen LogP contribution is 1.83. The van der Waals surface area contributed by atoms with Crippen LogP contribution < -0.4 is 5.73 Å². The topological polar surface area (TPSA) is 80.0 Å². The number of carbonyl (C=O) groups excluding carboxylic acids is 1. The molecule has 0 saturated heterocycles. The van der Waals surface area contributed by atoms with Gasteiger partial charge in [-0.25, -0.2) is 0 Å². The first kappa shape index (κ1) is 16.5. The highest BCUT2D eigenvalue weighted by molar-refractivity contribution is 5.49. The first-order valence-corrected chi connectivity index (χ1v) is 5.86. The lowest BCUT2D eigenvalue weighted by Crippen LogP contribution is -2.14. The van der Waals surface area contributed by atoms with Crippen LogP contribution in [-0.2, 0) is 23.7 Å². The summed E-state index contributed by atoms with van der Waals surface area (Å²) in [7, 11) is 0. The average Bonchev–Trinajstić information content (AvgIpc) is 2.35. The Kier molecular flexibility index (Phi) is 15.0. The van der Waals surface area contributed by atoms with Crippen molar-refractivity contribution in [3.05, 3.63) is 0 Å². The fourth-order valence-electron chi connectivity index (χ4n) is 0.977. The van der Waals surface area contributed by atoms with Gasteiger partial charge in [0.05, 0.1) is 52.9 Å². The van der Waals surface area contributed by atoms with Gasteiger partial charge < -0.3 is 29.5 Å². The van der Waals surface area contributed by atoms with Crippen molar-refractivity contribution in [2.45, 2.75) is 6.42 Å². The van der Waals surface area contributed by atoms with Crippen molar-refractivity contribution in [2.24, 2.45) is 5.73 Å². The summed E-state index contributed by atoms with van der Waals surface area (Å²) >= 11 is 0. The molecule has 0 heterocycles. The summed E-state index contributed by atoms with van der Waals surface area (Å²) in [5.74, 6) is 0. The zero-order valence-corrected chi connectivity index (χ0v) is 10.3. The first-order chi connectivity index (χ1) is 8.41. The van der Waals surface area contributed by atoms with Crippen molar-refractivity contribution in [1.82, 2.24) is 0 Å². The second kappa shape index (κ2) is 15.5. The van der Waals surface area contributed by atoms with Gasteiger partial charge >= 0.3 is 0 Å². The van der Waals surface area contributed by atoms with Crippen LogP contribution in [0.5, 0.6) is 0 Å². The van der Waals surface area contributed by atoms with E-state index in [-0.39, 0.29) is 0 Å². The summed E-state index contributed by atoms with van der Waals surface area (Å²) in [6, 6.07) is 0. The smallest absolute Gasteiger partial charge is 0.122 e. The summed E-state index contributed by atoms with van der Waals surface area (Å²) < 4.78 is 20.7. The van der Waals surface area contributed by atoms with E-state index in [9.17, 15) is 4.79 Å². The minimum absolute atomic E-state index is 0.436. The van der Waals surface area contributed by atoms with E-state index in [1.165, 1.54) is 0 Å². The SMILES string of the molecule is NCCOCCOCCOCCOCCC=O. The zero-order chi connectivity index (χ0) is 12.6. The number of rotatable bonds is 14. The molecule has 0 bridgehead atoms. The van der Waals surface area contributed by atoms with Crippen LogP contribution in [0.25, 0.3) is 0 Å². The summed E-state index contributed by atoms with van der Waals surface area (Å²) in [5, 5.41) is 0. The molecule has 0 aliphatic carbocycles. The summed E-state index contributed by atoms with van der Waals surface area (Å²) in [5.41, 5.74) is 5.25. The van der Waals surface area contributed by atoms with Crippen LogP contribution in [0.2, 0.25) is 0 Å². The Morgan fingerprint density at radius 1 is 0.706 bits per heavy atom. The van der Waals surface area contributed by atoms with Gasteiger partial charge in [0.1, 0.15) is 6.29 Å². The van der Waals surface area contributed by atoms with Crippen molar-refractivity contribution in [3.8, 4) is 0 Å². The van der Waals surface area contributed by atoms with E-state index in [2.05, 4.69) is 0 Å². The molecule has 0 aliphatic rings. The van der Waals surface area contributed by atoms with Crippen LogP contribution >= 0.6 is 0 Å². The van der Waals surface area contributed by atoms with E-state index in [4.69, 9.17) is 24.7 Å². The summed E-state index contributed by atoms with van der Waals surface area (Å²) in [4.78, 5) is 9.96. The van der Waals surface area contributed by atoms with Gasteiger partial charge in [-0.15, -0.1) is 0 Å². The molecule has 0 atom stereocenters.